The number of nitrogens with one attached hydrogen (secondary N) is 1. The maximum atomic E-state index is 4.49. The number of hydrogen-bond acceptors (Lipinski definition) is 3. The van der Waals surface area contributed by atoms with Gasteiger partial charge in [-0.3, -0.25) is 0 Å². The van der Waals surface area contributed by atoms with Gasteiger partial charge in [0, 0.05) is 17.1 Å². The normalized spacial score (nSPS) is 25.7. The summed E-state index contributed by atoms with van der Waals surface area (Å²) >= 11 is 1.82. The number of rotatable bonds is 3. The third-order valence-corrected chi connectivity index (χ3v) is 5.17. The van der Waals surface area contributed by atoms with Crippen molar-refractivity contribution in [2.75, 3.05) is 0 Å². The Kier molecular flexibility index (Phi) is 4.44. The minimum atomic E-state index is 0.398. The van der Waals surface area contributed by atoms with Gasteiger partial charge < -0.3 is 5.32 Å². The van der Waals surface area contributed by atoms with E-state index < -0.39 is 0 Å². The van der Waals surface area contributed by atoms with E-state index in [-0.39, 0.29) is 0 Å². The van der Waals surface area contributed by atoms with E-state index in [9.17, 15) is 0 Å². The molecule has 2 unspecified atom stereocenters. The third-order valence-electron chi connectivity index (χ3n) is 4.07. The van der Waals surface area contributed by atoms with Crippen molar-refractivity contribution >= 4 is 11.3 Å². The molecule has 1 heterocycles. The summed E-state index contributed by atoms with van der Waals surface area (Å²) in [6.45, 7) is 9.18. The molecule has 0 aliphatic heterocycles. The van der Waals surface area contributed by atoms with Crippen LogP contribution in [0.15, 0.2) is 6.20 Å². The summed E-state index contributed by atoms with van der Waals surface area (Å²) in [7, 11) is 0. The minimum Gasteiger partial charge on any atom is -0.305 e. The van der Waals surface area contributed by atoms with Crippen LogP contribution in [0.25, 0.3) is 0 Å². The highest BCUT2D eigenvalue weighted by Gasteiger charge is 2.25. The van der Waals surface area contributed by atoms with E-state index in [0.29, 0.717) is 17.5 Å². The molecule has 2 rings (SSSR count). The molecule has 1 aromatic rings. The zero-order valence-electron chi connectivity index (χ0n) is 12.1. The summed E-state index contributed by atoms with van der Waals surface area (Å²) in [6, 6.07) is 1.07. The van der Waals surface area contributed by atoms with Crippen molar-refractivity contribution in [3.05, 3.63) is 16.1 Å². The summed E-state index contributed by atoms with van der Waals surface area (Å²) in [4.78, 5) is 5.80. The molecule has 1 aromatic heterocycles. The van der Waals surface area contributed by atoms with Gasteiger partial charge in [-0.1, -0.05) is 20.3 Å². The van der Waals surface area contributed by atoms with E-state index in [1.165, 1.54) is 42.0 Å². The van der Waals surface area contributed by atoms with Gasteiger partial charge >= 0.3 is 0 Å². The predicted molar refractivity (Wildman–Crippen MR) is 79.1 cm³/mol. The molecule has 1 fully saturated rings. The number of nitrogens with zero attached hydrogens (tertiary/aromatic N) is 1. The molecular formula is C15H26N2S. The highest BCUT2D eigenvalue weighted by molar-refractivity contribution is 7.11. The molecule has 3 heteroatoms. The van der Waals surface area contributed by atoms with Gasteiger partial charge in [-0.2, -0.15) is 0 Å². The lowest BCUT2D eigenvalue weighted by Crippen LogP contribution is -2.31. The summed E-state index contributed by atoms with van der Waals surface area (Å²) in [5.74, 6) is 0. The quantitative estimate of drug-likeness (QED) is 0.817. The molecule has 1 N–H and O–H groups in total. The van der Waals surface area contributed by atoms with Crippen molar-refractivity contribution in [3.8, 4) is 0 Å². The molecule has 1 aliphatic carbocycles. The van der Waals surface area contributed by atoms with E-state index in [4.69, 9.17) is 0 Å². The molecule has 0 radical (unpaired) electrons. The van der Waals surface area contributed by atoms with Crippen LogP contribution >= 0.6 is 11.3 Å². The molecule has 2 atom stereocenters. The smallest absolute Gasteiger partial charge is 0.109 e. The van der Waals surface area contributed by atoms with E-state index in [2.05, 4.69) is 38.0 Å². The van der Waals surface area contributed by atoms with Crippen molar-refractivity contribution in [3.63, 3.8) is 0 Å². The Morgan fingerprint density at radius 1 is 1.39 bits per heavy atom. The lowest BCUT2D eigenvalue weighted by atomic mass is 9.85. The van der Waals surface area contributed by atoms with E-state index in [1.54, 1.807) is 0 Å². The Hall–Kier alpha value is -0.410. The van der Waals surface area contributed by atoms with Gasteiger partial charge in [0.25, 0.3) is 0 Å². The monoisotopic (exact) mass is 266 g/mol. The maximum absolute atomic E-state index is 4.49. The standard InChI is InChI=1S/C15H26N2S/c1-11-10-16-14(18-11)12(2)17-13-6-5-8-15(3,4)9-7-13/h10,12-13,17H,5-9H2,1-4H3. The first-order valence-corrected chi connectivity index (χ1v) is 7.96. The Bertz CT molecular complexity index is 384. The average Bonchev–Trinajstić information content (AvgIpc) is 2.65. The highest BCUT2D eigenvalue weighted by Crippen LogP contribution is 2.34. The zero-order chi connectivity index (χ0) is 13.2. The van der Waals surface area contributed by atoms with Crippen LogP contribution < -0.4 is 5.32 Å². The van der Waals surface area contributed by atoms with E-state index in [1.807, 2.05) is 17.5 Å². The van der Waals surface area contributed by atoms with Crippen LogP contribution in [0.4, 0.5) is 0 Å². The van der Waals surface area contributed by atoms with Gasteiger partial charge in [0.15, 0.2) is 0 Å². The average molecular weight is 266 g/mol. The van der Waals surface area contributed by atoms with Crippen molar-refractivity contribution < 1.29 is 0 Å². The Morgan fingerprint density at radius 3 is 2.83 bits per heavy atom. The van der Waals surface area contributed by atoms with E-state index in [0.717, 1.165) is 0 Å². The van der Waals surface area contributed by atoms with Gasteiger partial charge in [0.2, 0.25) is 0 Å². The number of aromatic nitrogens is 1. The first kappa shape index (κ1) is 14.0. The first-order valence-electron chi connectivity index (χ1n) is 7.15. The van der Waals surface area contributed by atoms with Crippen molar-refractivity contribution in [2.24, 2.45) is 5.41 Å². The van der Waals surface area contributed by atoms with Crippen LogP contribution in [-0.2, 0) is 0 Å². The lowest BCUT2D eigenvalue weighted by Gasteiger charge is -2.23. The minimum absolute atomic E-state index is 0.398. The molecule has 0 spiro atoms. The Labute approximate surface area is 115 Å². The third kappa shape index (κ3) is 3.79. The second-order valence-electron chi connectivity index (χ2n) is 6.49. The molecular weight excluding hydrogens is 240 g/mol. The van der Waals surface area contributed by atoms with Crippen LogP contribution in [0.2, 0.25) is 0 Å². The van der Waals surface area contributed by atoms with Crippen LogP contribution in [0, 0.1) is 12.3 Å². The number of hydrogen-bond donors (Lipinski definition) is 1. The fraction of sp³-hybridized carbons (Fsp3) is 0.800. The Morgan fingerprint density at radius 2 is 2.17 bits per heavy atom. The summed E-state index contributed by atoms with van der Waals surface area (Å²) in [6.07, 6.45) is 8.67. The first-order chi connectivity index (χ1) is 8.46. The molecule has 0 aromatic carbocycles. The van der Waals surface area contributed by atoms with Crippen molar-refractivity contribution in [1.82, 2.24) is 10.3 Å². The molecule has 1 aliphatic rings. The molecule has 18 heavy (non-hydrogen) atoms. The van der Waals surface area contributed by atoms with Gasteiger partial charge in [-0.25, -0.2) is 4.98 Å². The van der Waals surface area contributed by atoms with Gasteiger partial charge in [0.05, 0.1) is 6.04 Å². The zero-order valence-corrected chi connectivity index (χ0v) is 12.9. The predicted octanol–water partition coefficient (Wildman–Crippen LogP) is 4.46. The molecule has 102 valence electrons. The van der Waals surface area contributed by atoms with Gasteiger partial charge in [0.1, 0.15) is 5.01 Å². The highest BCUT2D eigenvalue weighted by atomic mass is 32.1. The molecule has 0 saturated heterocycles. The molecule has 1 saturated carbocycles. The fourth-order valence-corrected chi connectivity index (χ4v) is 3.61. The Balaban J connectivity index is 1.89. The van der Waals surface area contributed by atoms with Gasteiger partial charge in [-0.15, -0.1) is 11.3 Å². The molecule has 0 amide bonds. The fourth-order valence-electron chi connectivity index (χ4n) is 2.83. The molecule has 2 nitrogen and oxygen atoms in total. The SMILES string of the molecule is Cc1cnc(C(C)NC2CCCC(C)(C)CC2)s1. The second kappa shape index (κ2) is 5.70. The summed E-state index contributed by atoms with van der Waals surface area (Å²) < 4.78 is 0. The topological polar surface area (TPSA) is 24.9 Å². The van der Waals surface area contributed by atoms with Gasteiger partial charge in [-0.05, 0) is 44.9 Å². The van der Waals surface area contributed by atoms with Crippen molar-refractivity contribution in [2.45, 2.75) is 71.9 Å². The van der Waals surface area contributed by atoms with Crippen LogP contribution in [-0.4, -0.2) is 11.0 Å². The number of thiazole rings is 1. The summed E-state index contributed by atoms with van der Waals surface area (Å²) in [5, 5.41) is 5.01. The largest absolute Gasteiger partial charge is 0.305 e. The summed E-state index contributed by atoms with van der Waals surface area (Å²) in [5.41, 5.74) is 0.539. The maximum Gasteiger partial charge on any atom is 0.109 e. The van der Waals surface area contributed by atoms with Crippen LogP contribution in [0.3, 0.4) is 0 Å². The second-order valence-corrected chi connectivity index (χ2v) is 7.76. The lowest BCUT2D eigenvalue weighted by molar-refractivity contribution is 0.307. The van der Waals surface area contributed by atoms with E-state index >= 15 is 0 Å². The van der Waals surface area contributed by atoms with Crippen LogP contribution in [0.1, 0.15) is 68.8 Å². The van der Waals surface area contributed by atoms with Crippen LogP contribution in [0.5, 0.6) is 0 Å². The number of aryl methyl sites for hydroxylation is 1. The molecule has 0 bridgehead atoms. The van der Waals surface area contributed by atoms with Crippen molar-refractivity contribution in [1.29, 1.82) is 0 Å².